The second-order valence-corrected chi connectivity index (χ2v) is 3.98. The highest BCUT2D eigenvalue weighted by Crippen LogP contribution is 2.53. The summed E-state index contributed by atoms with van der Waals surface area (Å²) in [6.07, 6.45) is 4.00. The molecule has 1 N–H and O–H groups in total. The Labute approximate surface area is 82.8 Å². The van der Waals surface area contributed by atoms with Gasteiger partial charge in [-0.15, -0.1) is 0 Å². The zero-order valence-electron chi connectivity index (χ0n) is 8.20. The number of hydrogen-bond donors (Lipinski definition) is 1. The summed E-state index contributed by atoms with van der Waals surface area (Å²) in [5.41, 5.74) is -0.165. The topological polar surface area (TPSA) is 33.1 Å². The van der Waals surface area contributed by atoms with Crippen molar-refractivity contribution in [3.05, 3.63) is 29.8 Å². The second-order valence-electron chi connectivity index (χ2n) is 3.98. The summed E-state index contributed by atoms with van der Waals surface area (Å²) in [6.45, 7) is 2.09. The van der Waals surface area contributed by atoms with E-state index in [0.29, 0.717) is 11.6 Å². The molecule has 1 aliphatic rings. The second kappa shape index (κ2) is 3.31. The highest BCUT2D eigenvalue weighted by molar-refractivity contribution is 5.22. The van der Waals surface area contributed by atoms with Crippen molar-refractivity contribution in [3.8, 4) is 0 Å². The fraction of sp³-hybridized carbons (Fsp3) is 0.545. The van der Waals surface area contributed by atoms with Gasteiger partial charge in [0, 0.05) is 0 Å². The predicted octanol–water partition coefficient (Wildman–Crippen LogP) is 2.23. The molecule has 14 heavy (non-hydrogen) atoms. The number of rotatable bonds is 3. The van der Waals surface area contributed by atoms with Crippen LogP contribution in [0.1, 0.15) is 31.9 Å². The Bertz CT molecular complexity index is 325. The maximum atomic E-state index is 12.6. The predicted molar refractivity (Wildman–Crippen MR) is 51.1 cm³/mol. The van der Waals surface area contributed by atoms with Gasteiger partial charge in [-0.1, -0.05) is 13.3 Å². The largest absolute Gasteiger partial charge is 0.383 e. The monoisotopic (exact) mass is 195 g/mol. The first-order chi connectivity index (χ1) is 6.66. The van der Waals surface area contributed by atoms with E-state index in [1.54, 1.807) is 6.07 Å². The molecule has 1 heterocycles. The van der Waals surface area contributed by atoms with Crippen molar-refractivity contribution in [2.45, 2.75) is 31.8 Å². The van der Waals surface area contributed by atoms with E-state index >= 15 is 0 Å². The van der Waals surface area contributed by atoms with Gasteiger partial charge >= 0.3 is 0 Å². The van der Waals surface area contributed by atoms with Gasteiger partial charge in [0.25, 0.3) is 0 Å². The number of nitrogens with zero attached hydrogens (tertiary/aromatic N) is 1. The number of halogens is 1. The van der Waals surface area contributed by atoms with E-state index in [9.17, 15) is 9.50 Å². The number of hydrogen-bond acceptors (Lipinski definition) is 2. The molecule has 0 amide bonds. The minimum Gasteiger partial charge on any atom is -0.383 e. The van der Waals surface area contributed by atoms with Crippen LogP contribution in [0.3, 0.4) is 0 Å². The van der Waals surface area contributed by atoms with E-state index in [1.165, 1.54) is 6.07 Å². The smallest absolute Gasteiger partial charge is 0.141 e. The fourth-order valence-corrected chi connectivity index (χ4v) is 1.95. The Kier molecular flexibility index (Phi) is 2.27. The molecule has 1 aromatic heterocycles. The SMILES string of the molecule is CCCC1CC1(O)c1ccc(F)cn1. The Morgan fingerprint density at radius 2 is 2.43 bits per heavy atom. The third kappa shape index (κ3) is 1.52. The van der Waals surface area contributed by atoms with E-state index in [0.717, 1.165) is 25.5 Å². The lowest BCUT2D eigenvalue weighted by Crippen LogP contribution is -2.10. The molecule has 2 rings (SSSR count). The summed E-state index contributed by atoms with van der Waals surface area (Å²) in [7, 11) is 0. The lowest BCUT2D eigenvalue weighted by Gasteiger charge is -2.08. The van der Waals surface area contributed by atoms with Crippen molar-refractivity contribution in [2.75, 3.05) is 0 Å². The van der Waals surface area contributed by atoms with Crippen LogP contribution in [-0.2, 0) is 5.60 Å². The summed E-state index contributed by atoms with van der Waals surface area (Å²) < 4.78 is 12.6. The third-order valence-electron chi connectivity index (χ3n) is 2.88. The van der Waals surface area contributed by atoms with Gasteiger partial charge in [0.2, 0.25) is 0 Å². The van der Waals surface area contributed by atoms with Gasteiger partial charge in [0.1, 0.15) is 11.4 Å². The molecule has 1 fully saturated rings. The fourth-order valence-electron chi connectivity index (χ4n) is 1.95. The summed E-state index contributed by atoms with van der Waals surface area (Å²) >= 11 is 0. The zero-order valence-corrected chi connectivity index (χ0v) is 8.20. The highest BCUT2D eigenvalue weighted by atomic mass is 19.1. The molecule has 1 aliphatic carbocycles. The van der Waals surface area contributed by atoms with Crippen molar-refractivity contribution in [1.82, 2.24) is 4.98 Å². The van der Waals surface area contributed by atoms with Crippen LogP contribution in [0.15, 0.2) is 18.3 Å². The van der Waals surface area contributed by atoms with Crippen molar-refractivity contribution < 1.29 is 9.50 Å². The van der Waals surface area contributed by atoms with E-state index in [1.807, 2.05) is 0 Å². The maximum absolute atomic E-state index is 12.6. The molecule has 0 spiro atoms. The molecule has 0 aliphatic heterocycles. The van der Waals surface area contributed by atoms with Crippen LogP contribution in [0.5, 0.6) is 0 Å². The minimum atomic E-state index is -0.774. The van der Waals surface area contributed by atoms with Gasteiger partial charge in [-0.25, -0.2) is 4.39 Å². The summed E-state index contributed by atoms with van der Waals surface area (Å²) in [6, 6.07) is 2.92. The maximum Gasteiger partial charge on any atom is 0.141 e. The zero-order chi connectivity index (χ0) is 10.2. The molecule has 0 saturated heterocycles. The van der Waals surface area contributed by atoms with Crippen LogP contribution < -0.4 is 0 Å². The molecule has 1 saturated carbocycles. The minimum absolute atomic E-state index is 0.311. The van der Waals surface area contributed by atoms with Crippen LogP contribution in [0.4, 0.5) is 4.39 Å². The molecule has 76 valence electrons. The quantitative estimate of drug-likeness (QED) is 0.802. The Morgan fingerprint density at radius 1 is 1.64 bits per heavy atom. The molecular formula is C11H14FNO. The summed E-state index contributed by atoms with van der Waals surface area (Å²) in [4.78, 5) is 3.92. The van der Waals surface area contributed by atoms with E-state index < -0.39 is 5.60 Å². The van der Waals surface area contributed by atoms with Crippen LogP contribution >= 0.6 is 0 Å². The number of aliphatic hydroxyl groups is 1. The first kappa shape index (κ1) is 9.59. The molecular weight excluding hydrogens is 181 g/mol. The molecule has 0 aromatic carbocycles. The average molecular weight is 195 g/mol. The van der Waals surface area contributed by atoms with E-state index in [-0.39, 0.29) is 5.82 Å². The van der Waals surface area contributed by atoms with Crippen LogP contribution in [-0.4, -0.2) is 10.1 Å². The summed E-state index contributed by atoms with van der Waals surface area (Å²) in [5.74, 6) is -0.0458. The Balaban J connectivity index is 2.13. The first-order valence-corrected chi connectivity index (χ1v) is 5.01. The first-order valence-electron chi connectivity index (χ1n) is 5.01. The third-order valence-corrected chi connectivity index (χ3v) is 2.88. The van der Waals surface area contributed by atoms with Gasteiger partial charge in [-0.05, 0) is 30.9 Å². The van der Waals surface area contributed by atoms with E-state index in [2.05, 4.69) is 11.9 Å². The Morgan fingerprint density at radius 3 is 3.00 bits per heavy atom. The van der Waals surface area contributed by atoms with Gasteiger partial charge in [0.05, 0.1) is 11.9 Å². The molecule has 1 aromatic rings. The molecule has 2 nitrogen and oxygen atoms in total. The van der Waals surface area contributed by atoms with Crippen molar-refractivity contribution in [3.63, 3.8) is 0 Å². The van der Waals surface area contributed by atoms with Crippen molar-refractivity contribution in [2.24, 2.45) is 5.92 Å². The standard InChI is InChI=1S/C11H14FNO/c1-2-3-8-6-11(8,14)10-5-4-9(12)7-13-10/h4-5,7-8,14H,2-3,6H2,1H3. The highest BCUT2D eigenvalue weighted by Gasteiger charge is 2.54. The van der Waals surface area contributed by atoms with Crippen molar-refractivity contribution in [1.29, 1.82) is 0 Å². The Hall–Kier alpha value is -0.960. The van der Waals surface area contributed by atoms with Gasteiger partial charge in [-0.2, -0.15) is 0 Å². The lowest BCUT2D eigenvalue weighted by molar-refractivity contribution is 0.124. The van der Waals surface area contributed by atoms with Crippen LogP contribution in [0.2, 0.25) is 0 Å². The van der Waals surface area contributed by atoms with Crippen LogP contribution in [0.25, 0.3) is 0 Å². The van der Waals surface area contributed by atoms with Gasteiger partial charge in [-0.3, -0.25) is 4.98 Å². The van der Waals surface area contributed by atoms with Gasteiger partial charge < -0.3 is 5.11 Å². The normalized spacial score (nSPS) is 30.4. The van der Waals surface area contributed by atoms with Crippen molar-refractivity contribution >= 4 is 0 Å². The molecule has 0 bridgehead atoms. The number of pyridine rings is 1. The molecule has 2 unspecified atom stereocenters. The lowest BCUT2D eigenvalue weighted by atomic mass is 10.1. The summed E-state index contributed by atoms with van der Waals surface area (Å²) in [5, 5.41) is 10.1. The molecule has 3 heteroatoms. The molecule has 0 radical (unpaired) electrons. The van der Waals surface area contributed by atoms with E-state index in [4.69, 9.17) is 0 Å². The number of aromatic nitrogens is 1. The molecule has 2 atom stereocenters. The van der Waals surface area contributed by atoms with Crippen LogP contribution in [0, 0.1) is 11.7 Å². The van der Waals surface area contributed by atoms with Gasteiger partial charge in [0.15, 0.2) is 0 Å². The average Bonchev–Trinajstić information content (AvgIpc) is 2.80.